The smallest absolute Gasteiger partial charge is 0.137 e. The molecule has 0 radical (unpaired) electrons. The molecule has 0 aliphatic carbocycles. The number of hydrogen-bond donors (Lipinski definition) is 2. The predicted molar refractivity (Wildman–Crippen MR) is 59.8 cm³/mol. The van der Waals surface area contributed by atoms with Gasteiger partial charge in [0.25, 0.3) is 0 Å². The third kappa shape index (κ3) is 1.47. The number of nitrogens with zero attached hydrogens (tertiary/aromatic N) is 2. The summed E-state index contributed by atoms with van der Waals surface area (Å²) in [6, 6.07) is 3.85. The monoisotopic (exact) mass is 202 g/mol. The number of anilines is 1. The van der Waals surface area contributed by atoms with Gasteiger partial charge in [-0.05, 0) is 25.1 Å². The summed E-state index contributed by atoms with van der Waals surface area (Å²) in [5.41, 5.74) is 8.65. The Bertz CT molecular complexity index is 482. The number of imidazole rings is 1. The van der Waals surface area contributed by atoms with Crippen LogP contribution in [0.15, 0.2) is 24.5 Å². The zero-order valence-electron chi connectivity index (χ0n) is 8.48. The molecule has 0 amide bonds. The average molecular weight is 202 g/mol. The van der Waals surface area contributed by atoms with E-state index in [1.54, 1.807) is 0 Å². The van der Waals surface area contributed by atoms with E-state index < -0.39 is 0 Å². The van der Waals surface area contributed by atoms with E-state index in [-0.39, 0.29) is 0 Å². The molecule has 0 aromatic carbocycles. The van der Waals surface area contributed by atoms with Crippen molar-refractivity contribution >= 4 is 11.3 Å². The van der Waals surface area contributed by atoms with Gasteiger partial charge in [-0.3, -0.25) is 0 Å². The molecule has 2 aromatic heterocycles. The second-order valence-electron chi connectivity index (χ2n) is 4.08. The van der Waals surface area contributed by atoms with Gasteiger partial charge in [0.1, 0.15) is 5.65 Å². The van der Waals surface area contributed by atoms with E-state index >= 15 is 0 Å². The molecule has 0 saturated carbocycles. The average Bonchev–Trinajstić information content (AvgIpc) is 2.84. The molecule has 0 spiro atoms. The largest absolute Gasteiger partial charge is 0.398 e. The van der Waals surface area contributed by atoms with Crippen molar-refractivity contribution in [3.8, 4) is 0 Å². The Kier molecular flexibility index (Phi) is 1.89. The van der Waals surface area contributed by atoms with Crippen LogP contribution in [0.5, 0.6) is 0 Å². The summed E-state index contributed by atoms with van der Waals surface area (Å²) in [6.07, 6.45) is 5.18. The molecule has 1 unspecified atom stereocenters. The van der Waals surface area contributed by atoms with Crippen molar-refractivity contribution in [3.05, 3.63) is 30.2 Å². The minimum atomic E-state index is 0.561. The summed E-state index contributed by atoms with van der Waals surface area (Å²) >= 11 is 0. The van der Waals surface area contributed by atoms with Crippen LogP contribution in [0.25, 0.3) is 5.65 Å². The molecule has 1 saturated heterocycles. The molecule has 15 heavy (non-hydrogen) atoms. The fourth-order valence-corrected chi connectivity index (χ4v) is 2.13. The van der Waals surface area contributed by atoms with Gasteiger partial charge in [-0.15, -0.1) is 0 Å². The Morgan fingerprint density at radius 3 is 3.13 bits per heavy atom. The zero-order chi connectivity index (χ0) is 10.3. The Morgan fingerprint density at radius 1 is 1.40 bits per heavy atom. The highest BCUT2D eigenvalue weighted by Gasteiger charge is 2.19. The maximum Gasteiger partial charge on any atom is 0.137 e. The standard InChI is InChI=1S/C11H14N4/c12-9-1-2-11-14-10(7-15(11)6-9)8-3-4-13-5-8/h1-2,6-8,13H,3-5,12H2. The second-order valence-corrected chi connectivity index (χ2v) is 4.08. The first-order chi connectivity index (χ1) is 7.33. The van der Waals surface area contributed by atoms with Gasteiger partial charge < -0.3 is 15.5 Å². The van der Waals surface area contributed by atoms with Crippen LogP contribution in [0.4, 0.5) is 5.69 Å². The Morgan fingerprint density at radius 2 is 2.33 bits per heavy atom. The molecular weight excluding hydrogens is 188 g/mol. The van der Waals surface area contributed by atoms with Gasteiger partial charge in [-0.25, -0.2) is 4.98 Å². The van der Waals surface area contributed by atoms with Crippen LogP contribution >= 0.6 is 0 Å². The Labute approximate surface area is 88.1 Å². The summed E-state index contributed by atoms with van der Waals surface area (Å²) in [6.45, 7) is 2.14. The van der Waals surface area contributed by atoms with E-state index in [1.165, 1.54) is 12.1 Å². The SMILES string of the molecule is Nc1ccc2nc(C3CCNC3)cn2c1. The van der Waals surface area contributed by atoms with Gasteiger partial charge in [0.15, 0.2) is 0 Å². The van der Waals surface area contributed by atoms with E-state index in [0.717, 1.165) is 24.4 Å². The molecule has 1 aliphatic rings. The van der Waals surface area contributed by atoms with Gasteiger partial charge in [0.05, 0.1) is 5.69 Å². The molecular formula is C11H14N4. The van der Waals surface area contributed by atoms with Crippen LogP contribution < -0.4 is 11.1 Å². The predicted octanol–water partition coefficient (Wildman–Crippen LogP) is 0.993. The molecule has 1 aliphatic heterocycles. The minimum Gasteiger partial charge on any atom is -0.398 e. The van der Waals surface area contributed by atoms with Crippen molar-refractivity contribution in [2.24, 2.45) is 0 Å². The zero-order valence-corrected chi connectivity index (χ0v) is 8.48. The van der Waals surface area contributed by atoms with Crippen LogP contribution in [-0.2, 0) is 0 Å². The molecule has 78 valence electrons. The third-order valence-electron chi connectivity index (χ3n) is 2.97. The van der Waals surface area contributed by atoms with Crippen LogP contribution in [0.3, 0.4) is 0 Å². The minimum absolute atomic E-state index is 0.561. The fraction of sp³-hybridized carbons (Fsp3) is 0.364. The van der Waals surface area contributed by atoms with Crippen molar-refractivity contribution in [3.63, 3.8) is 0 Å². The van der Waals surface area contributed by atoms with Crippen LogP contribution in [0, 0.1) is 0 Å². The maximum atomic E-state index is 5.73. The summed E-state index contributed by atoms with van der Waals surface area (Å²) < 4.78 is 2.00. The molecule has 2 aromatic rings. The van der Waals surface area contributed by atoms with Gasteiger partial charge in [-0.2, -0.15) is 0 Å². The second kappa shape index (κ2) is 3.24. The van der Waals surface area contributed by atoms with E-state index in [0.29, 0.717) is 5.92 Å². The van der Waals surface area contributed by atoms with Gasteiger partial charge >= 0.3 is 0 Å². The molecule has 3 heterocycles. The number of pyridine rings is 1. The van der Waals surface area contributed by atoms with E-state index in [2.05, 4.69) is 16.5 Å². The Balaban J connectivity index is 2.05. The molecule has 1 atom stereocenters. The lowest BCUT2D eigenvalue weighted by Gasteiger charge is -2.01. The number of hydrogen-bond acceptors (Lipinski definition) is 3. The first-order valence-corrected chi connectivity index (χ1v) is 5.28. The molecule has 0 bridgehead atoms. The first kappa shape index (κ1) is 8.73. The van der Waals surface area contributed by atoms with Crippen molar-refractivity contribution in [1.29, 1.82) is 0 Å². The highest BCUT2D eigenvalue weighted by atomic mass is 15.0. The fourth-order valence-electron chi connectivity index (χ4n) is 2.13. The highest BCUT2D eigenvalue weighted by Crippen LogP contribution is 2.22. The summed E-state index contributed by atoms with van der Waals surface area (Å²) in [5.74, 6) is 0.561. The molecule has 4 nitrogen and oxygen atoms in total. The van der Waals surface area contributed by atoms with Gasteiger partial charge in [0, 0.05) is 30.5 Å². The van der Waals surface area contributed by atoms with Gasteiger partial charge in [-0.1, -0.05) is 0 Å². The number of rotatable bonds is 1. The Hall–Kier alpha value is -1.55. The molecule has 4 heteroatoms. The lowest BCUT2D eigenvalue weighted by Crippen LogP contribution is -2.07. The molecule has 3 N–H and O–H groups in total. The van der Waals surface area contributed by atoms with Crippen LogP contribution in [0.1, 0.15) is 18.0 Å². The molecule has 3 rings (SSSR count). The normalized spacial score (nSPS) is 21.2. The molecule has 1 fully saturated rings. The number of nitrogen functional groups attached to an aromatic ring is 1. The number of nitrogens with one attached hydrogen (secondary N) is 1. The number of aromatic nitrogens is 2. The van der Waals surface area contributed by atoms with Gasteiger partial charge in [0.2, 0.25) is 0 Å². The van der Waals surface area contributed by atoms with Crippen LogP contribution in [0.2, 0.25) is 0 Å². The van der Waals surface area contributed by atoms with Crippen molar-refractivity contribution in [1.82, 2.24) is 14.7 Å². The summed E-state index contributed by atoms with van der Waals surface area (Å²) in [5, 5.41) is 3.35. The van der Waals surface area contributed by atoms with E-state index in [9.17, 15) is 0 Å². The topological polar surface area (TPSA) is 55.3 Å². The summed E-state index contributed by atoms with van der Waals surface area (Å²) in [4.78, 5) is 4.60. The third-order valence-corrected chi connectivity index (χ3v) is 2.97. The van der Waals surface area contributed by atoms with E-state index in [4.69, 9.17) is 5.73 Å². The quantitative estimate of drug-likeness (QED) is 0.725. The summed E-state index contributed by atoms with van der Waals surface area (Å²) in [7, 11) is 0. The van der Waals surface area contributed by atoms with Crippen molar-refractivity contribution in [2.45, 2.75) is 12.3 Å². The maximum absolute atomic E-state index is 5.73. The van der Waals surface area contributed by atoms with Crippen molar-refractivity contribution < 1.29 is 0 Å². The number of nitrogens with two attached hydrogens (primary N) is 1. The van der Waals surface area contributed by atoms with Crippen LogP contribution in [-0.4, -0.2) is 22.5 Å². The number of fused-ring (bicyclic) bond motifs is 1. The lowest BCUT2D eigenvalue weighted by atomic mass is 10.1. The van der Waals surface area contributed by atoms with E-state index in [1.807, 2.05) is 22.7 Å². The van der Waals surface area contributed by atoms with Crippen molar-refractivity contribution in [2.75, 3.05) is 18.8 Å². The lowest BCUT2D eigenvalue weighted by molar-refractivity contribution is 0.742. The first-order valence-electron chi connectivity index (χ1n) is 5.28. The highest BCUT2D eigenvalue weighted by molar-refractivity contribution is 5.48.